The first-order valence-corrected chi connectivity index (χ1v) is 9.67. The van der Waals surface area contributed by atoms with E-state index in [1.54, 1.807) is 0 Å². The van der Waals surface area contributed by atoms with Crippen molar-refractivity contribution in [2.75, 3.05) is 52.9 Å². The van der Waals surface area contributed by atoms with Crippen LogP contribution in [0.1, 0.15) is 46.0 Å². The minimum atomic E-state index is 0. The molecule has 2 aliphatic heterocycles. The van der Waals surface area contributed by atoms with Gasteiger partial charge in [-0.25, -0.2) is 0 Å². The third-order valence-electron chi connectivity index (χ3n) is 5.44. The van der Waals surface area contributed by atoms with Crippen LogP contribution in [0, 0.1) is 5.92 Å². The number of guanidine groups is 1. The molecule has 1 unspecified atom stereocenters. The lowest BCUT2D eigenvalue weighted by molar-refractivity contribution is 0.185. The number of likely N-dealkylation sites (tertiary alicyclic amines) is 2. The summed E-state index contributed by atoms with van der Waals surface area (Å²) in [6.45, 7) is 12.8. The molecule has 6 heteroatoms. The van der Waals surface area contributed by atoms with Crippen molar-refractivity contribution in [3.8, 4) is 0 Å². The van der Waals surface area contributed by atoms with E-state index in [0.717, 1.165) is 31.5 Å². The Balaban J connectivity index is 0.00000288. The van der Waals surface area contributed by atoms with E-state index in [-0.39, 0.29) is 24.0 Å². The van der Waals surface area contributed by atoms with Gasteiger partial charge in [0, 0.05) is 26.2 Å². The molecular weight excluding hydrogens is 413 g/mol. The fourth-order valence-electron chi connectivity index (χ4n) is 3.95. The number of rotatable bonds is 7. The van der Waals surface area contributed by atoms with E-state index in [1.807, 2.05) is 7.05 Å². The largest absolute Gasteiger partial charge is 0.356 e. The van der Waals surface area contributed by atoms with Crippen molar-refractivity contribution >= 4 is 29.9 Å². The van der Waals surface area contributed by atoms with Gasteiger partial charge in [0.15, 0.2) is 5.96 Å². The Morgan fingerprint density at radius 2 is 1.75 bits per heavy atom. The van der Waals surface area contributed by atoms with Crippen molar-refractivity contribution in [2.45, 2.75) is 52.0 Å². The fraction of sp³-hybridized carbons (Fsp3) is 0.944. The van der Waals surface area contributed by atoms with Crippen LogP contribution in [-0.2, 0) is 0 Å². The van der Waals surface area contributed by atoms with E-state index in [2.05, 4.69) is 39.3 Å². The highest BCUT2D eigenvalue weighted by Gasteiger charge is 2.23. The van der Waals surface area contributed by atoms with Crippen molar-refractivity contribution < 1.29 is 0 Å². The molecular formula is C18H38IN5. The first-order valence-electron chi connectivity index (χ1n) is 9.67. The summed E-state index contributed by atoms with van der Waals surface area (Å²) in [6.07, 6.45) is 6.55. The molecule has 0 amide bonds. The molecule has 0 aromatic carbocycles. The van der Waals surface area contributed by atoms with E-state index in [1.165, 1.54) is 58.3 Å². The van der Waals surface area contributed by atoms with Crippen LogP contribution in [0.25, 0.3) is 0 Å². The molecule has 0 aromatic rings. The molecule has 2 fully saturated rings. The quantitative estimate of drug-likeness (QED) is 0.355. The van der Waals surface area contributed by atoms with E-state index < -0.39 is 0 Å². The number of aliphatic imine (C=N–C) groups is 1. The number of nitrogens with zero attached hydrogens (tertiary/aromatic N) is 3. The smallest absolute Gasteiger partial charge is 0.191 e. The lowest BCUT2D eigenvalue weighted by Gasteiger charge is -2.32. The van der Waals surface area contributed by atoms with E-state index in [9.17, 15) is 0 Å². The number of hydrogen-bond donors (Lipinski definition) is 2. The Kier molecular flexibility index (Phi) is 11.3. The van der Waals surface area contributed by atoms with Gasteiger partial charge in [-0.05, 0) is 70.7 Å². The maximum atomic E-state index is 4.39. The summed E-state index contributed by atoms with van der Waals surface area (Å²) < 4.78 is 0. The fourth-order valence-corrected chi connectivity index (χ4v) is 3.95. The standard InChI is InChI=1S/C18H37N5.HI/c1-4-10-22-12-8-16(9-13-22)14-20-18(19-3)21-15-17-7-6-11-23(17)5-2;/h16-17H,4-15H2,1-3H3,(H2,19,20,21);1H. The molecule has 2 rings (SSSR count). The molecule has 0 aromatic heterocycles. The molecule has 2 N–H and O–H groups in total. The molecule has 0 bridgehead atoms. The van der Waals surface area contributed by atoms with Crippen LogP contribution in [-0.4, -0.2) is 74.7 Å². The molecule has 0 saturated carbocycles. The second-order valence-electron chi connectivity index (χ2n) is 7.04. The topological polar surface area (TPSA) is 42.9 Å². The van der Waals surface area contributed by atoms with Crippen molar-refractivity contribution in [2.24, 2.45) is 10.9 Å². The zero-order valence-electron chi connectivity index (χ0n) is 15.9. The van der Waals surface area contributed by atoms with Gasteiger partial charge in [-0.1, -0.05) is 13.8 Å². The SMILES string of the molecule is CCCN1CCC(CNC(=NC)NCC2CCCN2CC)CC1.I. The maximum Gasteiger partial charge on any atom is 0.191 e. The van der Waals surface area contributed by atoms with Gasteiger partial charge >= 0.3 is 0 Å². The van der Waals surface area contributed by atoms with Gasteiger partial charge in [0.25, 0.3) is 0 Å². The Morgan fingerprint density at radius 1 is 1.04 bits per heavy atom. The first kappa shape index (κ1) is 22.0. The third kappa shape index (κ3) is 7.04. The molecule has 0 aliphatic carbocycles. The van der Waals surface area contributed by atoms with Gasteiger partial charge < -0.3 is 15.5 Å². The van der Waals surface area contributed by atoms with Crippen LogP contribution in [0.5, 0.6) is 0 Å². The second kappa shape index (κ2) is 12.3. The number of halogens is 1. The molecule has 2 aliphatic rings. The van der Waals surface area contributed by atoms with Crippen LogP contribution >= 0.6 is 24.0 Å². The van der Waals surface area contributed by atoms with Crippen LogP contribution in [0.15, 0.2) is 4.99 Å². The van der Waals surface area contributed by atoms with E-state index in [0.29, 0.717) is 6.04 Å². The minimum absolute atomic E-state index is 0. The van der Waals surface area contributed by atoms with E-state index in [4.69, 9.17) is 0 Å². The normalized spacial score (nSPS) is 24.0. The zero-order chi connectivity index (χ0) is 16.5. The monoisotopic (exact) mass is 451 g/mol. The average Bonchev–Trinajstić information content (AvgIpc) is 3.04. The van der Waals surface area contributed by atoms with Gasteiger partial charge in [-0.3, -0.25) is 9.89 Å². The Bertz CT molecular complexity index is 355. The summed E-state index contributed by atoms with van der Waals surface area (Å²) in [5.74, 6) is 1.77. The highest BCUT2D eigenvalue weighted by atomic mass is 127. The predicted molar refractivity (Wildman–Crippen MR) is 115 cm³/mol. The molecule has 142 valence electrons. The number of piperidine rings is 1. The van der Waals surface area contributed by atoms with Crippen molar-refractivity contribution in [3.05, 3.63) is 0 Å². The van der Waals surface area contributed by atoms with Crippen LogP contribution in [0.2, 0.25) is 0 Å². The minimum Gasteiger partial charge on any atom is -0.356 e. The Labute approximate surface area is 166 Å². The van der Waals surface area contributed by atoms with Gasteiger partial charge in [0.1, 0.15) is 0 Å². The Morgan fingerprint density at radius 3 is 2.38 bits per heavy atom. The highest BCUT2D eigenvalue weighted by Crippen LogP contribution is 2.17. The molecule has 2 saturated heterocycles. The second-order valence-corrected chi connectivity index (χ2v) is 7.04. The van der Waals surface area contributed by atoms with Crippen LogP contribution in [0.3, 0.4) is 0 Å². The summed E-state index contributed by atoms with van der Waals surface area (Å²) >= 11 is 0. The molecule has 2 heterocycles. The molecule has 24 heavy (non-hydrogen) atoms. The van der Waals surface area contributed by atoms with Crippen molar-refractivity contribution in [1.29, 1.82) is 0 Å². The van der Waals surface area contributed by atoms with Crippen LogP contribution in [0.4, 0.5) is 0 Å². The molecule has 0 spiro atoms. The van der Waals surface area contributed by atoms with Gasteiger partial charge in [0.05, 0.1) is 0 Å². The molecule has 1 atom stereocenters. The molecule has 0 radical (unpaired) electrons. The van der Waals surface area contributed by atoms with Gasteiger partial charge in [-0.15, -0.1) is 24.0 Å². The summed E-state index contributed by atoms with van der Waals surface area (Å²) in [5, 5.41) is 7.08. The number of nitrogens with one attached hydrogen (secondary N) is 2. The van der Waals surface area contributed by atoms with Crippen LogP contribution < -0.4 is 10.6 Å². The van der Waals surface area contributed by atoms with E-state index >= 15 is 0 Å². The van der Waals surface area contributed by atoms with Gasteiger partial charge in [0.2, 0.25) is 0 Å². The van der Waals surface area contributed by atoms with Crippen molar-refractivity contribution in [1.82, 2.24) is 20.4 Å². The molecule has 5 nitrogen and oxygen atoms in total. The lowest BCUT2D eigenvalue weighted by atomic mass is 9.97. The van der Waals surface area contributed by atoms with Gasteiger partial charge in [-0.2, -0.15) is 0 Å². The maximum absolute atomic E-state index is 4.39. The summed E-state index contributed by atoms with van der Waals surface area (Å²) in [6, 6.07) is 0.677. The summed E-state index contributed by atoms with van der Waals surface area (Å²) in [4.78, 5) is 9.57. The lowest BCUT2D eigenvalue weighted by Crippen LogP contribution is -2.46. The Hall–Kier alpha value is -0.0800. The summed E-state index contributed by atoms with van der Waals surface area (Å²) in [5.41, 5.74) is 0. The number of hydrogen-bond acceptors (Lipinski definition) is 3. The van der Waals surface area contributed by atoms with Crippen molar-refractivity contribution in [3.63, 3.8) is 0 Å². The summed E-state index contributed by atoms with van der Waals surface area (Å²) in [7, 11) is 1.88. The predicted octanol–water partition coefficient (Wildman–Crippen LogP) is 2.38. The number of likely N-dealkylation sites (N-methyl/N-ethyl adjacent to an activating group) is 1. The first-order chi connectivity index (χ1) is 11.3. The average molecular weight is 451 g/mol. The highest BCUT2D eigenvalue weighted by molar-refractivity contribution is 14.0. The zero-order valence-corrected chi connectivity index (χ0v) is 18.2. The third-order valence-corrected chi connectivity index (χ3v) is 5.44.